The summed E-state index contributed by atoms with van der Waals surface area (Å²) in [4.78, 5) is 2.64. The van der Waals surface area contributed by atoms with Gasteiger partial charge in [0.25, 0.3) is 0 Å². The van der Waals surface area contributed by atoms with E-state index in [0.29, 0.717) is 5.75 Å². The lowest BCUT2D eigenvalue weighted by Crippen LogP contribution is -2.34. The van der Waals surface area contributed by atoms with Gasteiger partial charge in [-0.05, 0) is 60.7 Å². The molecule has 0 bridgehead atoms. The van der Waals surface area contributed by atoms with Crippen LogP contribution in [0.3, 0.4) is 0 Å². The number of nitrogens with one attached hydrogen (secondary N) is 1. The molecule has 0 aromatic heterocycles. The molecule has 6 heteroatoms. The average Bonchev–Trinajstić information content (AvgIpc) is 2.67. The number of hydrogen-bond donors (Lipinski definition) is 1. The Kier molecular flexibility index (Phi) is 5.84. The fourth-order valence-corrected chi connectivity index (χ4v) is 4.28. The minimum atomic E-state index is -3.54. The van der Waals surface area contributed by atoms with Gasteiger partial charge >= 0.3 is 0 Å². The number of anilines is 1. The van der Waals surface area contributed by atoms with Crippen molar-refractivity contribution in [2.75, 3.05) is 25.1 Å². The lowest BCUT2D eigenvalue weighted by atomic mass is 9.99. The van der Waals surface area contributed by atoms with E-state index < -0.39 is 10.0 Å². The first-order valence-electron chi connectivity index (χ1n) is 8.95. The fourth-order valence-electron chi connectivity index (χ4n) is 3.27. The highest BCUT2D eigenvalue weighted by atomic mass is 32.2. The van der Waals surface area contributed by atoms with Crippen molar-refractivity contribution >= 4 is 15.7 Å². The summed E-state index contributed by atoms with van der Waals surface area (Å²) < 4.78 is 32.5. The molecule has 0 aliphatic carbocycles. The Hall–Kier alpha value is -2.05. The van der Waals surface area contributed by atoms with Crippen LogP contribution in [0.4, 0.5) is 5.69 Å². The minimum Gasteiger partial charge on any atom is -0.497 e. The van der Waals surface area contributed by atoms with Crippen molar-refractivity contribution < 1.29 is 13.2 Å². The van der Waals surface area contributed by atoms with Crippen LogP contribution in [0.15, 0.2) is 53.4 Å². The number of piperidine rings is 1. The maximum absolute atomic E-state index is 12.4. The highest BCUT2D eigenvalue weighted by Gasteiger charge is 2.17. The molecule has 0 radical (unpaired) electrons. The molecule has 1 N–H and O–H groups in total. The Morgan fingerprint density at radius 3 is 2.42 bits per heavy atom. The van der Waals surface area contributed by atoms with E-state index in [2.05, 4.69) is 28.7 Å². The Morgan fingerprint density at radius 2 is 1.81 bits per heavy atom. The van der Waals surface area contributed by atoms with Gasteiger partial charge in [-0.15, -0.1) is 0 Å². The molecule has 1 fully saturated rings. The standard InChI is InChI=1S/C20H26N2O3S/c1-16-4-3-13-22(15-16)18-7-5-17(6-8-18)14-21-26(23,24)20-11-9-19(25-2)10-12-20/h5-12,16,21H,3-4,13-15H2,1-2H3/t16-/m1/s1. The number of hydrogen-bond acceptors (Lipinski definition) is 4. The molecule has 1 saturated heterocycles. The third-order valence-corrected chi connectivity index (χ3v) is 6.21. The molecule has 0 amide bonds. The first kappa shape index (κ1) is 18.7. The summed E-state index contributed by atoms with van der Waals surface area (Å²) in [6, 6.07) is 14.5. The molecule has 3 rings (SSSR count). The summed E-state index contributed by atoms with van der Waals surface area (Å²) in [7, 11) is -1.99. The predicted molar refractivity (Wildman–Crippen MR) is 104 cm³/mol. The van der Waals surface area contributed by atoms with E-state index in [1.165, 1.54) is 18.5 Å². The molecule has 2 aromatic carbocycles. The molecule has 1 heterocycles. The van der Waals surface area contributed by atoms with Gasteiger partial charge in [0, 0.05) is 25.3 Å². The monoisotopic (exact) mass is 374 g/mol. The van der Waals surface area contributed by atoms with Crippen molar-refractivity contribution in [3.8, 4) is 5.75 Å². The van der Waals surface area contributed by atoms with Crippen LogP contribution in [0.25, 0.3) is 0 Å². The second kappa shape index (κ2) is 8.10. The van der Waals surface area contributed by atoms with Gasteiger partial charge in [-0.3, -0.25) is 0 Å². The number of nitrogens with zero attached hydrogens (tertiary/aromatic N) is 1. The molecule has 140 valence electrons. The fraction of sp³-hybridized carbons (Fsp3) is 0.400. The van der Waals surface area contributed by atoms with Crippen LogP contribution in [-0.2, 0) is 16.6 Å². The summed E-state index contributed by atoms with van der Waals surface area (Å²) in [5.74, 6) is 1.35. The van der Waals surface area contributed by atoms with E-state index in [4.69, 9.17) is 4.74 Å². The molecular formula is C20H26N2O3S. The average molecular weight is 375 g/mol. The molecule has 2 aromatic rings. The highest BCUT2D eigenvalue weighted by molar-refractivity contribution is 7.89. The molecule has 5 nitrogen and oxygen atoms in total. The van der Waals surface area contributed by atoms with Gasteiger partial charge < -0.3 is 9.64 Å². The molecule has 26 heavy (non-hydrogen) atoms. The third kappa shape index (κ3) is 4.56. The zero-order chi connectivity index (χ0) is 18.6. The normalized spacial score (nSPS) is 17.9. The number of ether oxygens (including phenoxy) is 1. The molecule has 0 unspecified atom stereocenters. The SMILES string of the molecule is COc1ccc(S(=O)(=O)NCc2ccc(N3CCC[C@@H](C)C3)cc2)cc1. The van der Waals surface area contributed by atoms with Crippen molar-refractivity contribution in [3.05, 3.63) is 54.1 Å². The molecule has 0 saturated carbocycles. The lowest BCUT2D eigenvalue weighted by Gasteiger charge is -2.32. The maximum atomic E-state index is 12.4. The third-order valence-electron chi connectivity index (χ3n) is 4.79. The van der Waals surface area contributed by atoms with Gasteiger partial charge in [-0.2, -0.15) is 0 Å². The maximum Gasteiger partial charge on any atom is 0.240 e. The van der Waals surface area contributed by atoms with Gasteiger partial charge in [0.15, 0.2) is 0 Å². The van der Waals surface area contributed by atoms with E-state index in [9.17, 15) is 8.42 Å². The molecule has 0 spiro atoms. The Balaban J connectivity index is 1.61. The predicted octanol–water partition coefficient (Wildman–Crippen LogP) is 3.41. The second-order valence-corrected chi connectivity index (χ2v) is 8.63. The smallest absolute Gasteiger partial charge is 0.240 e. The number of rotatable bonds is 6. The summed E-state index contributed by atoms with van der Waals surface area (Å²) in [6.07, 6.45) is 2.52. The van der Waals surface area contributed by atoms with Crippen molar-refractivity contribution in [3.63, 3.8) is 0 Å². The van der Waals surface area contributed by atoms with Crippen LogP contribution in [0.2, 0.25) is 0 Å². The van der Waals surface area contributed by atoms with Crippen LogP contribution >= 0.6 is 0 Å². The molecule has 1 atom stereocenters. The van der Waals surface area contributed by atoms with Crippen LogP contribution in [0.5, 0.6) is 5.75 Å². The quantitative estimate of drug-likeness (QED) is 0.842. The van der Waals surface area contributed by atoms with Crippen LogP contribution in [0, 0.1) is 5.92 Å². The van der Waals surface area contributed by atoms with E-state index in [0.717, 1.165) is 24.6 Å². The van der Waals surface area contributed by atoms with E-state index in [-0.39, 0.29) is 11.4 Å². The van der Waals surface area contributed by atoms with E-state index >= 15 is 0 Å². The van der Waals surface area contributed by atoms with Crippen LogP contribution < -0.4 is 14.4 Å². The van der Waals surface area contributed by atoms with Gasteiger partial charge in [-0.25, -0.2) is 13.1 Å². The number of sulfonamides is 1. The van der Waals surface area contributed by atoms with Crippen molar-refractivity contribution in [2.24, 2.45) is 5.92 Å². The highest BCUT2D eigenvalue weighted by Crippen LogP contribution is 2.23. The largest absolute Gasteiger partial charge is 0.497 e. The summed E-state index contributed by atoms with van der Waals surface area (Å²) in [6.45, 7) is 4.73. The van der Waals surface area contributed by atoms with Crippen molar-refractivity contribution in [1.29, 1.82) is 0 Å². The Morgan fingerprint density at radius 1 is 1.12 bits per heavy atom. The van der Waals surface area contributed by atoms with Crippen LogP contribution in [0.1, 0.15) is 25.3 Å². The van der Waals surface area contributed by atoms with E-state index in [1.54, 1.807) is 31.4 Å². The first-order valence-corrected chi connectivity index (χ1v) is 10.4. The molecule has 1 aliphatic heterocycles. The van der Waals surface area contributed by atoms with Gasteiger partial charge in [0.2, 0.25) is 10.0 Å². The van der Waals surface area contributed by atoms with Crippen molar-refractivity contribution in [2.45, 2.75) is 31.2 Å². The van der Waals surface area contributed by atoms with Gasteiger partial charge in [0.1, 0.15) is 5.75 Å². The Bertz CT molecular complexity index is 817. The zero-order valence-electron chi connectivity index (χ0n) is 15.3. The summed E-state index contributed by atoms with van der Waals surface area (Å²) >= 11 is 0. The lowest BCUT2D eigenvalue weighted by molar-refractivity contribution is 0.414. The second-order valence-electron chi connectivity index (χ2n) is 6.86. The molecule has 1 aliphatic rings. The minimum absolute atomic E-state index is 0.234. The number of benzene rings is 2. The number of methoxy groups -OCH3 is 1. The zero-order valence-corrected chi connectivity index (χ0v) is 16.1. The summed E-state index contributed by atoms with van der Waals surface area (Å²) in [5, 5.41) is 0. The first-order chi connectivity index (χ1) is 12.5. The van der Waals surface area contributed by atoms with Crippen molar-refractivity contribution in [1.82, 2.24) is 4.72 Å². The van der Waals surface area contributed by atoms with Crippen LogP contribution in [-0.4, -0.2) is 28.6 Å². The molecular weight excluding hydrogens is 348 g/mol. The topological polar surface area (TPSA) is 58.6 Å². The van der Waals surface area contributed by atoms with Gasteiger partial charge in [0.05, 0.1) is 12.0 Å². The van der Waals surface area contributed by atoms with Gasteiger partial charge in [-0.1, -0.05) is 19.1 Å². The Labute approximate surface area is 156 Å². The summed E-state index contributed by atoms with van der Waals surface area (Å²) in [5.41, 5.74) is 2.15. The van der Waals surface area contributed by atoms with E-state index in [1.807, 2.05) is 12.1 Å².